The maximum absolute atomic E-state index is 12.1. The van der Waals surface area contributed by atoms with Crippen molar-refractivity contribution in [3.05, 3.63) is 64.7 Å². The van der Waals surface area contributed by atoms with Gasteiger partial charge in [-0.25, -0.2) is 9.78 Å². The summed E-state index contributed by atoms with van der Waals surface area (Å²) in [5, 5.41) is 20.5. The van der Waals surface area contributed by atoms with Crippen LogP contribution in [0.2, 0.25) is 0 Å². The molecule has 2 atom stereocenters. The molecular weight excluding hydrogens is 358 g/mol. The Kier molecular flexibility index (Phi) is 4.97. The van der Waals surface area contributed by atoms with Crippen LogP contribution in [0.25, 0.3) is 11.0 Å². The highest BCUT2D eigenvalue weighted by atomic mass is 16.5. The topological polar surface area (TPSA) is 94.7 Å². The first-order valence-electron chi connectivity index (χ1n) is 9.33. The van der Waals surface area contributed by atoms with Crippen molar-refractivity contribution >= 4 is 16.9 Å². The van der Waals surface area contributed by atoms with E-state index < -0.39 is 5.69 Å². The largest absolute Gasteiger partial charge is 0.422 e. The van der Waals surface area contributed by atoms with E-state index in [1.54, 1.807) is 12.1 Å². The Bertz CT molecular complexity index is 1020. The molecule has 8 nitrogen and oxygen atoms in total. The zero-order valence-electron chi connectivity index (χ0n) is 15.6. The first-order valence-corrected chi connectivity index (χ1v) is 9.33. The fraction of sp³-hybridized carbons (Fsp3) is 0.350. The molecule has 0 bridgehead atoms. The predicted octanol–water partition coefficient (Wildman–Crippen LogP) is 1.27. The van der Waals surface area contributed by atoms with E-state index in [4.69, 9.17) is 0 Å². The molecule has 28 heavy (non-hydrogen) atoms. The number of aromatic nitrogens is 3. The third-order valence-corrected chi connectivity index (χ3v) is 5.34. The zero-order valence-corrected chi connectivity index (χ0v) is 15.6. The van der Waals surface area contributed by atoms with Crippen LogP contribution in [-0.4, -0.2) is 62.2 Å². The van der Waals surface area contributed by atoms with Gasteiger partial charge < -0.3 is 15.2 Å². The van der Waals surface area contributed by atoms with Gasteiger partial charge in [-0.2, -0.15) is 4.98 Å². The fourth-order valence-corrected chi connectivity index (χ4v) is 3.94. The Morgan fingerprint density at radius 1 is 1.18 bits per heavy atom. The SMILES string of the molecule is C[C@@H]1CN([C@H](CO)c2ccccc2)CCN1c1nc(=O)n(O)c2ncccc12. The van der Waals surface area contributed by atoms with E-state index in [0.29, 0.717) is 29.0 Å². The van der Waals surface area contributed by atoms with Gasteiger partial charge in [-0.05, 0) is 24.6 Å². The van der Waals surface area contributed by atoms with Crippen molar-refractivity contribution in [1.29, 1.82) is 0 Å². The lowest BCUT2D eigenvalue weighted by atomic mass is 10.0. The van der Waals surface area contributed by atoms with Gasteiger partial charge in [-0.1, -0.05) is 30.3 Å². The lowest BCUT2D eigenvalue weighted by Gasteiger charge is -2.43. The Hall–Kier alpha value is -2.97. The van der Waals surface area contributed by atoms with E-state index in [-0.39, 0.29) is 24.3 Å². The summed E-state index contributed by atoms with van der Waals surface area (Å²) in [4.78, 5) is 24.6. The normalized spacial score (nSPS) is 19.1. The van der Waals surface area contributed by atoms with Gasteiger partial charge >= 0.3 is 5.69 Å². The molecule has 1 fully saturated rings. The van der Waals surface area contributed by atoms with Crippen LogP contribution in [0.5, 0.6) is 0 Å². The summed E-state index contributed by atoms with van der Waals surface area (Å²) in [6, 6.07) is 13.5. The van der Waals surface area contributed by atoms with E-state index in [0.717, 1.165) is 12.1 Å². The van der Waals surface area contributed by atoms with Crippen molar-refractivity contribution in [2.75, 3.05) is 31.1 Å². The average Bonchev–Trinajstić information content (AvgIpc) is 2.72. The molecule has 0 spiro atoms. The molecule has 0 saturated carbocycles. The summed E-state index contributed by atoms with van der Waals surface area (Å²) < 4.78 is 0.483. The predicted molar refractivity (Wildman–Crippen MR) is 106 cm³/mol. The minimum atomic E-state index is -0.742. The van der Waals surface area contributed by atoms with Crippen molar-refractivity contribution < 1.29 is 10.3 Å². The maximum atomic E-state index is 12.1. The molecule has 3 aromatic rings. The van der Waals surface area contributed by atoms with E-state index in [2.05, 4.69) is 26.7 Å². The molecule has 2 aromatic heterocycles. The number of aliphatic hydroxyl groups is 1. The number of hydrogen-bond acceptors (Lipinski definition) is 7. The molecule has 0 aliphatic carbocycles. The Morgan fingerprint density at radius 3 is 2.68 bits per heavy atom. The zero-order chi connectivity index (χ0) is 19.7. The molecule has 1 aliphatic rings. The molecule has 3 heterocycles. The van der Waals surface area contributed by atoms with E-state index in [9.17, 15) is 15.1 Å². The molecular formula is C20H23N5O3. The van der Waals surface area contributed by atoms with Crippen molar-refractivity contribution in [2.24, 2.45) is 0 Å². The van der Waals surface area contributed by atoms with Crippen LogP contribution in [0.1, 0.15) is 18.5 Å². The van der Waals surface area contributed by atoms with Gasteiger partial charge in [-0.15, -0.1) is 4.73 Å². The molecule has 2 N–H and O–H groups in total. The average molecular weight is 381 g/mol. The summed E-state index contributed by atoms with van der Waals surface area (Å²) in [5.41, 5.74) is 0.541. The van der Waals surface area contributed by atoms with Crippen LogP contribution in [0.15, 0.2) is 53.5 Å². The quantitative estimate of drug-likeness (QED) is 0.657. The fourth-order valence-electron chi connectivity index (χ4n) is 3.94. The molecule has 1 aliphatic heterocycles. The van der Waals surface area contributed by atoms with Crippen LogP contribution >= 0.6 is 0 Å². The van der Waals surface area contributed by atoms with Crippen molar-refractivity contribution in [3.63, 3.8) is 0 Å². The summed E-state index contributed by atoms with van der Waals surface area (Å²) in [7, 11) is 0. The van der Waals surface area contributed by atoms with Crippen LogP contribution in [0.3, 0.4) is 0 Å². The third kappa shape index (κ3) is 3.21. The Morgan fingerprint density at radius 2 is 1.96 bits per heavy atom. The van der Waals surface area contributed by atoms with Crippen molar-refractivity contribution in [2.45, 2.75) is 19.0 Å². The van der Waals surface area contributed by atoms with Gasteiger partial charge in [0.25, 0.3) is 0 Å². The molecule has 0 amide bonds. The smallest absolute Gasteiger partial charge is 0.384 e. The minimum Gasteiger partial charge on any atom is -0.422 e. The van der Waals surface area contributed by atoms with Gasteiger partial charge in [-0.3, -0.25) is 4.90 Å². The summed E-state index contributed by atoms with van der Waals surface area (Å²) in [6.07, 6.45) is 1.53. The number of fused-ring (bicyclic) bond motifs is 1. The molecule has 146 valence electrons. The Balaban J connectivity index is 1.63. The summed E-state index contributed by atoms with van der Waals surface area (Å²) in [6.45, 7) is 4.20. The highest BCUT2D eigenvalue weighted by Gasteiger charge is 2.31. The lowest BCUT2D eigenvalue weighted by Crippen LogP contribution is -2.54. The first kappa shape index (κ1) is 18.4. The van der Waals surface area contributed by atoms with Gasteiger partial charge in [0, 0.05) is 31.9 Å². The van der Waals surface area contributed by atoms with Crippen molar-refractivity contribution in [1.82, 2.24) is 19.6 Å². The van der Waals surface area contributed by atoms with E-state index >= 15 is 0 Å². The summed E-state index contributed by atoms with van der Waals surface area (Å²) >= 11 is 0. The number of pyridine rings is 1. The monoisotopic (exact) mass is 381 g/mol. The van der Waals surface area contributed by atoms with Crippen LogP contribution in [0.4, 0.5) is 5.82 Å². The summed E-state index contributed by atoms with van der Waals surface area (Å²) in [5.74, 6) is 0.533. The number of nitrogens with zero attached hydrogens (tertiary/aromatic N) is 5. The third-order valence-electron chi connectivity index (χ3n) is 5.34. The second-order valence-corrected chi connectivity index (χ2v) is 7.05. The van der Waals surface area contributed by atoms with Gasteiger partial charge in [0.1, 0.15) is 5.82 Å². The van der Waals surface area contributed by atoms with Crippen LogP contribution < -0.4 is 10.6 Å². The minimum absolute atomic E-state index is 0.0440. The number of rotatable bonds is 4. The van der Waals surface area contributed by atoms with Crippen LogP contribution in [0, 0.1) is 0 Å². The number of benzene rings is 1. The molecule has 1 aromatic carbocycles. The number of aliphatic hydroxyl groups excluding tert-OH is 1. The lowest BCUT2D eigenvalue weighted by molar-refractivity contribution is 0.105. The van der Waals surface area contributed by atoms with E-state index in [1.165, 1.54) is 6.20 Å². The van der Waals surface area contributed by atoms with Gasteiger partial charge in [0.2, 0.25) is 0 Å². The molecule has 8 heteroatoms. The standard InChI is InChI=1S/C20H23N5O3/c1-14-12-23(17(13-26)15-6-3-2-4-7-15)10-11-24(14)19-16-8-5-9-21-18(16)25(28)20(27)22-19/h2-9,14,17,26,28H,10-13H2,1H3/t14-,17-/m1/s1. The molecule has 0 unspecified atom stereocenters. The van der Waals surface area contributed by atoms with E-state index in [1.807, 2.05) is 30.3 Å². The molecule has 1 saturated heterocycles. The van der Waals surface area contributed by atoms with Crippen LogP contribution in [-0.2, 0) is 0 Å². The van der Waals surface area contributed by atoms with Crippen molar-refractivity contribution in [3.8, 4) is 0 Å². The van der Waals surface area contributed by atoms with Gasteiger partial charge in [0.15, 0.2) is 5.65 Å². The maximum Gasteiger partial charge on any atom is 0.384 e. The highest BCUT2D eigenvalue weighted by molar-refractivity contribution is 5.87. The number of anilines is 1. The number of piperazine rings is 1. The first-order chi connectivity index (χ1) is 13.6. The Labute approximate surface area is 162 Å². The highest BCUT2D eigenvalue weighted by Crippen LogP contribution is 2.28. The second-order valence-electron chi connectivity index (χ2n) is 7.05. The number of hydrogen-bond donors (Lipinski definition) is 2. The van der Waals surface area contributed by atoms with Gasteiger partial charge in [0.05, 0.1) is 18.0 Å². The molecule has 4 rings (SSSR count). The molecule has 0 radical (unpaired) electrons. The second kappa shape index (κ2) is 7.57.